The minimum absolute atomic E-state index is 0.171. The molecule has 0 aliphatic rings. The van der Waals surface area contributed by atoms with Crippen LogP contribution < -0.4 is 5.32 Å². The maximum Gasteiger partial charge on any atom is 0.348 e. The summed E-state index contributed by atoms with van der Waals surface area (Å²) in [4.78, 5) is 40.4. The lowest BCUT2D eigenvalue weighted by Gasteiger charge is -2.17. The van der Waals surface area contributed by atoms with Gasteiger partial charge in [-0.25, -0.2) is 9.59 Å². The smallest absolute Gasteiger partial charge is 0.348 e. The largest absolute Gasteiger partial charge is 0.459 e. The highest BCUT2D eigenvalue weighted by atomic mass is 32.2. The lowest BCUT2D eigenvalue weighted by atomic mass is 10.1. The Hall–Kier alpha value is -3.10. The minimum Gasteiger partial charge on any atom is -0.459 e. The van der Waals surface area contributed by atoms with Crippen molar-refractivity contribution in [2.75, 3.05) is 5.32 Å². The standard InChI is InChI=1S/C27H29NO5S2/c1-16(2)32-26(30)21-18(5)22(27(31)33-17(3)4)35-25(21)28-24(29)23(19-12-8-6-9-13-19)34-20-14-10-7-11-15-20/h6-17,23H,1-5H3,(H,28,29)/t23-/m1/s1. The van der Waals surface area contributed by atoms with Gasteiger partial charge in [-0.1, -0.05) is 48.5 Å². The summed E-state index contributed by atoms with van der Waals surface area (Å²) in [5.41, 5.74) is 1.41. The van der Waals surface area contributed by atoms with E-state index in [9.17, 15) is 14.4 Å². The van der Waals surface area contributed by atoms with Crippen LogP contribution in [0.3, 0.4) is 0 Å². The molecule has 0 saturated heterocycles. The summed E-state index contributed by atoms with van der Waals surface area (Å²) in [5.74, 6) is -1.45. The van der Waals surface area contributed by atoms with Crippen molar-refractivity contribution >= 4 is 45.9 Å². The number of esters is 2. The molecular weight excluding hydrogens is 482 g/mol. The van der Waals surface area contributed by atoms with Crippen molar-refractivity contribution in [1.82, 2.24) is 0 Å². The van der Waals surface area contributed by atoms with Crippen molar-refractivity contribution < 1.29 is 23.9 Å². The van der Waals surface area contributed by atoms with Gasteiger partial charge in [0.1, 0.15) is 15.1 Å². The Morgan fingerprint density at radius 1 is 0.829 bits per heavy atom. The molecule has 0 unspecified atom stereocenters. The molecule has 1 aromatic heterocycles. The maximum absolute atomic E-state index is 13.6. The zero-order valence-corrected chi connectivity index (χ0v) is 22.0. The van der Waals surface area contributed by atoms with Crippen LogP contribution in [0.4, 0.5) is 5.00 Å². The Morgan fingerprint density at radius 3 is 1.94 bits per heavy atom. The predicted octanol–water partition coefficient (Wildman–Crippen LogP) is 6.66. The van der Waals surface area contributed by atoms with E-state index in [1.54, 1.807) is 34.6 Å². The van der Waals surface area contributed by atoms with Crippen molar-refractivity contribution in [3.63, 3.8) is 0 Å². The summed E-state index contributed by atoms with van der Waals surface area (Å²) in [7, 11) is 0. The second-order valence-corrected chi connectivity index (χ2v) is 10.6. The number of carbonyl (C=O) groups is 3. The van der Waals surface area contributed by atoms with Gasteiger partial charge in [0.2, 0.25) is 5.91 Å². The third-order valence-corrected chi connectivity index (χ3v) is 7.25. The third-order valence-electron chi connectivity index (χ3n) is 4.80. The van der Waals surface area contributed by atoms with Crippen LogP contribution >= 0.6 is 23.1 Å². The average Bonchev–Trinajstić information content (AvgIpc) is 3.13. The van der Waals surface area contributed by atoms with E-state index in [0.29, 0.717) is 5.56 Å². The first-order chi connectivity index (χ1) is 16.7. The molecular formula is C27H29NO5S2. The average molecular weight is 512 g/mol. The Labute approximate surface area is 214 Å². The number of hydrogen-bond donors (Lipinski definition) is 1. The monoisotopic (exact) mass is 511 g/mol. The first kappa shape index (κ1) is 26.5. The van der Waals surface area contributed by atoms with Crippen molar-refractivity contribution in [3.05, 3.63) is 82.2 Å². The first-order valence-electron chi connectivity index (χ1n) is 11.3. The summed E-state index contributed by atoms with van der Waals surface area (Å²) in [5, 5.41) is 2.59. The number of thioether (sulfide) groups is 1. The highest BCUT2D eigenvalue weighted by molar-refractivity contribution is 8.00. The van der Waals surface area contributed by atoms with E-state index in [2.05, 4.69) is 5.32 Å². The number of ether oxygens (including phenoxy) is 2. The number of rotatable bonds is 9. The SMILES string of the molecule is Cc1c(C(=O)OC(C)C)sc(NC(=O)[C@H](Sc2ccccc2)c2ccccc2)c1C(=O)OC(C)C. The molecule has 1 atom stereocenters. The van der Waals surface area contributed by atoms with Crippen LogP contribution in [0.25, 0.3) is 0 Å². The van der Waals surface area contributed by atoms with Gasteiger partial charge in [0.05, 0.1) is 17.8 Å². The normalized spacial score (nSPS) is 11.9. The molecule has 6 nitrogen and oxygen atoms in total. The Morgan fingerprint density at radius 2 is 1.37 bits per heavy atom. The van der Waals surface area contributed by atoms with Crippen molar-refractivity contribution in [1.29, 1.82) is 0 Å². The van der Waals surface area contributed by atoms with E-state index < -0.39 is 17.2 Å². The second kappa shape index (κ2) is 12.0. The molecule has 1 heterocycles. The van der Waals surface area contributed by atoms with Crippen LogP contribution in [0.1, 0.15) is 64.1 Å². The van der Waals surface area contributed by atoms with Gasteiger partial charge in [0.25, 0.3) is 0 Å². The zero-order valence-electron chi connectivity index (χ0n) is 20.4. The number of anilines is 1. The highest BCUT2D eigenvalue weighted by Gasteiger charge is 2.30. The van der Waals surface area contributed by atoms with Crippen LogP contribution in [0, 0.1) is 6.92 Å². The Kier molecular flexibility index (Phi) is 9.12. The lowest BCUT2D eigenvalue weighted by Crippen LogP contribution is -2.21. The predicted molar refractivity (Wildman–Crippen MR) is 140 cm³/mol. The van der Waals surface area contributed by atoms with E-state index in [4.69, 9.17) is 9.47 Å². The molecule has 0 aliphatic heterocycles. The summed E-state index contributed by atoms with van der Waals surface area (Å²) in [6.07, 6.45) is -0.681. The van der Waals surface area contributed by atoms with Crippen LogP contribution in [0.2, 0.25) is 0 Å². The molecule has 8 heteroatoms. The fourth-order valence-electron chi connectivity index (χ4n) is 3.30. The van der Waals surface area contributed by atoms with Gasteiger partial charge >= 0.3 is 11.9 Å². The maximum atomic E-state index is 13.6. The summed E-state index contributed by atoms with van der Waals surface area (Å²) in [6.45, 7) is 8.65. The molecule has 1 amide bonds. The Balaban J connectivity index is 1.99. The van der Waals surface area contributed by atoms with E-state index in [0.717, 1.165) is 21.8 Å². The fraction of sp³-hybridized carbons (Fsp3) is 0.296. The van der Waals surface area contributed by atoms with Crippen LogP contribution in [-0.4, -0.2) is 30.1 Å². The van der Waals surface area contributed by atoms with Gasteiger partial charge in [-0.3, -0.25) is 4.79 Å². The zero-order chi connectivity index (χ0) is 25.5. The van der Waals surface area contributed by atoms with E-state index in [1.807, 2.05) is 60.7 Å². The molecule has 35 heavy (non-hydrogen) atoms. The van der Waals surface area contributed by atoms with Crippen LogP contribution in [-0.2, 0) is 14.3 Å². The topological polar surface area (TPSA) is 81.7 Å². The minimum atomic E-state index is -0.598. The molecule has 0 radical (unpaired) electrons. The van der Waals surface area contributed by atoms with Crippen molar-refractivity contribution in [2.24, 2.45) is 0 Å². The van der Waals surface area contributed by atoms with E-state index in [-0.39, 0.29) is 33.6 Å². The number of thiophene rings is 1. The summed E-state index contributed by atoms with van der Waals surface area (Å²) in [6, 6.07) is 19.0. The molecule has 3 aromatic rings. The van der Waals surface area contributed by atoms with Gasteiger partial charge in [-0.2, -0.15) is 0 Å². The lowest BCUT2D eigenvalue weighted by molar-refractivity contribution is -0.115. The van der Waals surface area contributed by atoms with E-state index >= 15 is 0 Å². The number of benzene rings is 2. The van der Waals surface area contributed by atoms with Crippen molar-refractivity contribution in [2.45, 2.75) is 57.0 Å². The second-order valence-electron chi connectivity index (χ2n) is 8.38. The van der Waals surface area contributed by atoms with Gasteiger partial charge in [0.15, 0.2) is 0 Å². The quantitative estimate of drug-likeness (QED) is 0.256. The number of carbonyl (C=O) groups excluding carboxylic acids is 3. The molecule has 1 N–H and O–H groups in total. The van der Waals surface area contributed by atoms with E-state index in [1.165, 1.54) is 11.8 Å². The fourth-order valence-corrected chi connectivity index (χ4v) is 5.42. The molecule has 184 valence electrons. The molecule has 0 bridgehead atoms. The van der Waals surface area contributed by atoms with Gasteiger partial charge < -0.3 is 14.8 Å². The highest BCUT2D eigenvalue weighted by Crippen LogP contribution is 2.39. The number of nitrogens with one attached hydrogen (secondary N) is 1. The molecule has 2 aromatic carbocycles. The molecule has 0 fully saturated rings. The molecule has 0 spiro atoms. The summed E-state index contributed by atoms with van der Waals surface area (Å²) >= 11 is 2.43. The van der Waals surface area contributed by atoms with Gasteiger partial charge in [-0.15, -0.1) is 23.1 Å². The third kappa shape index (κ3) is 6.96. The first-order valence-corrected chi connectivity index (χ1v) is 13.0. The van der Waals surface area contributed by atoms with Crippen LogP contribution in [0.5, 0.6) is 0 Å². The van der Waals surface area contributed by atoms with Gasteiger partial charge in [0, 0.05) is 4.90 Å². The van der Waals surface area contributed by atoms with Crippen LogP contribution in [0.15, 0.2) is 65.6 Å². The molecule has 0 saturated carbocycles. The molecule has 3 rings (SSSR count). The number of amides is 1. The molecule has 0 aliphatic carbocycles. The number of hydrogen-bond acceptors (Lipinski definition) is 7. The Bertz CT molecular complexity index is 1170. The van der Waals surface area contributed by atoms with Crippen molar-refractivity contribution in [3.8, 4) is 0 Å². The van der Waals surface area contributed by atoms with Gasteiger partial charge in [-0.05, 0) is 57.9 Å². The summed E-state index contributed by atoms with van der Waals surface area (Å²) < 4.78 is 10.8.